The molecule has 0 radical (unpaired) electrons. The second-order valence-electron chi connectivity index (χ2n) is 10.8. The van der Waals surface area contributed by atoms with Crippen molar-refractivity contribution in [2.45, 2.75) is 26.1 Å². The van der Waals surface area contributed by atoms with Crippen LogP contribution in [0.1, 0.15) is 35.8 Å². The number of carbonyl (C=O) groups is 1. The average Bonchev–Trinajstić information content (AvgIpc) is 3.71. The summed E-state index contributed by atoms with van der Waals surface area (Å²) in [6.45, 7) is 4.09. The van der Waals surface area contributed by atoms with Gasteiger partial charge in [-0.15, -0.1) is 0 Å². The molecule has 0 saturated heterocycles. The van der Waals surface area contributed by atoms with Crippen LogP contribution in [0.3, 0.4) is 0 Å². The SMILES string of the molecule is COc1cc(C(=O)Nc2cc(C(F)(F)F)ccn2)cc(F)c1-c1ncn2ccnc(-c3cn4c5oc=5n(C(C)C)cc4cc3N)c12. The molecule has 0 spiro atoms. The smallest absolute Gasteiger partial charge is 0.416 e. The van der Waals surface area contributed by atoms with E-state index in [0.717, 1.165) is 29.4 Å². The van der Waals surface area contributed by atoms with E-state index in [1.54, 1.807) is 29.1 Å². The first-order valence-corrected chi connectivity index (χ1v) is 13.9. The number of nitrogens with two attached hydrogens (primary N) is 1. The predicted octanol–water partition coefficient (Wildman–Crippen LogP) is 6.41. The third-order valence-electron chi connectivity index (χ3n) is 7.57. The molecule has 1 aromatic carbocycles. The molecule has 7 rings (SSSR count). The van der Waals surface area contributed by atoms with Crippen molar-refractivity contribution in [3.8, 4) is 28.3 Å². The predicted molar refractivity (Wildman–Crippen MR) is 159 cm³/mol. The van der Waals surface area contributed by atoms with Crippen LogP contribution in [0, 0.1) is 16.9 Å². The van der Waals surface area contributed by atoms with E-state index in [1.165, 1.54) is 19.5 Å². The molecule has 3 N–H and O–H groups in total. The lowest BCUT2D eigenvalue weighted by Gasteiger charge is -2.14. The number of carbonyl (C=O) groups excluding carboxylic acids is 1. The van der Waals surface area contributed by atoms with Gasteiger partial charge in [-0.05, 0) is 44.2 Å². The molecule has 4 aromatic heterocycles. The number of aromatic nitrogens is 6. The summed E-state index contributed by atoms with van der Waals surface area (Å²) in [7, 11) is 1.29. The molecule has 46 heavy (non-hydrogen) atoms. The fraction of sp³-hybridized carbons (Fsp3) is 0.161. The largest absolute Gasteiger partial charge is 0.496 e. The zero-order valence-electron chi connectivity index (χ0n) is 24.4. The summed E-state index contributed by atoms with van der Waals surface area (Å²) < 4.78 is 72.1. The third kappa shape index (κ3) is 4.76. The van der Waals surface area contributed by atoms with Crippen LogP contribution in [0.15, 0.2) is 72.1 Å². The molecule has 0 unspecified atom stereocenters. The lowest BCUT2D eigenvalue weighted by Crippen LogP contribution is -2.15. The first-order valence-electron chi connectivity index (χ1n) is 13.9. The quantitative estimate of drug-likeness (QED) is 0.203. The monoisotopic (exact) mass is 632 g/mol. The van der Waals surface area contributed by atoms with Crippen molar-refractivity contribution in [2.75, 3.05) is 18.2 Å². The molecule has 0 saturated carbocycles. The second-order valence-corrected chi connectivity index (χ2v) is 10.8. The number of hydrogen-bond acceptors (Lipinski definition) is 7. The van der Waals surface area contributed by atoms with Crippen LogP contribution < -0.4 is 15.8 Å². The number of nitrogens with zero attached hydrogens (tertiary/aromatic N) is 6. The molecule has 0 bridgehead atoms. The van der Waals surface area contributed by atoms with Gasteiger partial charge < -0.3 is 29.2 Å². The van der Waals surface area contributed by atoms with Crippen molar-refractivity contribution in [1.29, 1.82) is 0 Å². The number of pyridine rings is 2. The van der Waals surface area contributed by atoms with Crippen LogP contribution >= 0.6 is 0 Å². The Labute approximate surface area is 256 Å². The molecular formula is C31H24F4N8O3. The Morgan fingerprint density at radius 1 is 1.04 bits per heavy atom. The number of alkyl halides is 3. The fourth-order valence-corrected chi connectivity index (χ4v) is 5.32. The van der Waals surface area contributed by atoms with Gasteiger partial charge in [0.1, 0.15) is 35.1 Å². The molecule has 5 aromatic rings. The van der Waals surface area contributed by atoms with Gasteiger partial charge in [-0.3, -0.25) is 14.2 Å². The van der Waals surface area contributed by atoms with E-state index < -0.39 is 23.5 Å². The van der Waals surface area contributed by atoms with Crippen LogP contribution in [0.2, 0.25) is 0 Å². The molecule has 0 aliphatic carbocycles. The number of nitrogens with one attached hydrogen (secondary N) is 1. The summed E-state index contributed by atoms with van der Waals surface area (Å²) in [6, 6.07) is 5.63. The minimum Gasteiger partial charge on any atom is -0.496 e. The van der Waals surface area contributed by atoms with Crippen molar-refractivity contribution in [2.24, 2.45) is 0 Å². The van der Waals surface area contributed by atoms with Crippen molar-refractivity contribution in [3.63, 3.8) is 0 Å². The minimum absolute atomic E-state index is 0.0464. The zero-order valence-corrected chi connectivity index (χ0v) is 24.4. The van der Waals surface area contributed by atoms with Crippen LogP contribution in [0.5, 0.6) is 5.75 Å². The van der Waals surface area contributed by atoms with E-state index in [2.05, 4.69) is 20.3 Å². The van der Waals surface area contributed by atoms with E-state index >= 15 is 4.39 Å². The van der Waals surface area contributed by atoms with E-state index in [-0.39, 0.29) is 34.4 Å². The lowest BCUT2D eigenvalue weighted by atomic mass is 10.0. The highest BCUT2D eigenvalue weighted by molar-refractivity contribution is 6.05. The highest BCUT2D eigenvalue weighted by Crippen LogP contribution is 2.40. The summed E-state index contributed by atoms with van der Waals surface area (Å²) in [5.74, 6) is -2.16. The summed E-state index contributed by atoms with van der Waals surface area (Å²) >= 11 is 0. The number of ether oxygens (including phenoxy) is 1. The Balaban J connectivity index is 1.32. The fourth-order valence-electron chi connectivity index (χ4n) is 5.32. The number of methoxy groups -OCH3 is 1. The first-order chi connectivity index (χ1) is 21.9. The third-order valence-corrected chi connectivity index (χ3v) is 7.57. The maximum Gasteiger partial charge on any atom is 0.416 e. The zero-order chi connectivity index (χ0) is 32.5. The number of benzene rings is 1. The van der Waals surface area contributed by atoms with E-state index in [4.69, 9.17) is 14.9 Å². The number of halogens is 4. The maximum atomic E-state index is 16.0. The highest BCUT2D eigenvalue weighted by atomic mass is 19.4. The number of anilines is 2. The van der Waals surface area contributed by atoms with Gasteiger partial charge in [0, 0.05) is 53.8 Å². The maximum absolute atomic E-state index is 16.0. The van der Waals surface area contributed by atoms with Crippen LogP contribution in [0.25, 0.3) is 33.5 Å². The van der Waals surface area contributed by atoms with Gasteiger partial charge in [-0.25, -0.2) is 14.4 Å². The number of fused-ring (bicyclic) bond motifs is 3. The molecule has 0 fully saturated rings. The molecule has 15 heteroatoms. The number of rotatable bonds is 6. The highest BCUT2D eigenvalue weighted by Gasteiger charge is 2.31. The number of nitrogen functional groups attached to an aromatic ring is 1. The molecule has 234 valence electrons. The van der Waals surface area contributed by atoms with Crippen molar-refractivity contribution >= 4 is 28.4 Å². The summed E-state index contributed by atoms with van der Waals surface area (Å²) in [5.41, 5.74) is 9.39. The summed E-state index contributed by atoms with van der Waals surface area (Å²) in [4.78, 5) is 25.8. The van der Waals surface area contributed by atoms with Gasteiger partial charge >= 0.3 is 6.18 Å². The number of imidazole rings is 1. The molecule has 1 amide bonds. The van der Waals surface area contributed by atoms with E-state index in [9.17, 15) is 18.0 Å². The van der Waals surface area contributed by atoms with Crippen LogP contribution in [-0.4, -0.2) is 41.3 Å². The molecule has 0 atom stereocenters. The van der Waals surface area contributed by atoms with Crippen molar-refractivity contribution in [1.82, 2.24) is 28.3 Å². The second kappa shape index (κ2) is 10.4. The van der Waals surface area contributed by atoms with Gasteiger partial charge in [0.25, 0.3) is 17.0 Å². The van der Waals surface area contributed by atoms with Crippen molar-refractivity contribution < 1.29 is 31.5 Å². The van der Waals surface area contributed by atoms with Gasteiger partial charge in [0.2, 0.25) is 0 Å². The molecule has 2 aliphatic rings. The van der Waals surface area contributed by atoms with Gasteiger partial charge in [-0.1, -0.05) is 0 Å². The average molecular weight is 633 g/mol. The van der Waals surface area contributed by atoms with E-state index in [1.807, 2.05) is 29.0 Å². The van der Waals surface area contributed by atoms with Crippen LogP contribution in [0.4, 0.5) is 29.1 Å². The van der Waals surface area contributed by atoms with Crippen molar-refractivity contribution in [3.05, 3.63) is 95.7 Å². The molecule has 11 nitrogen and oxygen atoms in total. The number of hydrogen-bond donors (Lipinski definition) is 2. The normalized spacial score (nSPS) is 12.2. The Hall–Kier alpha value is -5.86. The Bertz CT molecular complexity index is 2370. The minimum atomic E-state index is -4.64. The van der Waals surface area contributed by atoms with Gasteiger partial charge in [0.15, 0.2) is 0 Å². The summed E-state index contributed by atoms with van der Waals surface area (Å²) in [5, 5.41) is 2.27. The Morgan fingerprint density at radius 2 is 1.85 bits per heavy atom. The van der Waals surface area contributed by atoms with Crippen LogP contribution in [-0.2, 0) is 6.18 Å². The Kier molecular flexibility index (Phi) is 6.50. The first kappa shape index (κ1) is 28.9. The molecular weight excluding hydrogens is 608 g/mol. The topological polar surface area (TPSA) is 130 Å². The molecule has 2 aliphatic heterocycles. The standard InChI is InChI=1S/C31H24F4N8O3/c1-15(2)42-12-18-11-21(36)19(13-43(18)30-29(42)46-30)25-27-26(39-14-41(27)7-6-38-25)24-20(32)8-16(9-22(24)45-3)28(44)40-23-10-17(4-5-37-23)31(33,34)35/h4-15H,36H2,1-3H3,(H,37,40,44). The summed E-state index contributed by atoms with van der Waals surface area (Å²) in [6.07, 6.45) is 4.70. The Morgan fingerprint density at radius 3 is 2.59 bits per heavy atom. The number of amides is 1. The van der Waals surface area contributed by atoms with Gasteiger partial charge in [-0.2, -0.15) is 13.2 Å². The molecule has 6 heterocycles. The van der Waals surface area contributed by atoms with E-state index in [0.29, 0.717) is 34.1 Å². The lowest BCUT2D eigenvalue weighted by molar-refractivity contribution is -0.137. The van der Waals surface area contributed by atoms with Gasteiger partial charge in [0.05, 0.1) is 29.3 Å².